The second-order valence-electron chi connectivity index (χ2n) is 6.73. The molecule has 1 saturated heterocycles. The number of benzene rings is 2. The average molecular weight is 369 g/mol. The molecule has 134 valence electrons. The third kappa shape index (κ3) is 3.17. The van der Waals surface area contributed by atoms with Crippen LogP contribution in [0.25, 0.3) is 10.9 Å². The summed E-state index contributed by atoms with van der Waals surface area (Å²) in [6.07, 6.45) is 4.01. The van der Waals surface area contributed by atoms with Crippen molar-refractivity contribution in [2.45, 2.75) is 18.8 Å². The number of rotatable bonds is 3. The van der Waals surface area contributed by atoms with Crippen molar-refractivity contribution in [3.63, 3.8) is 0 Å². The molecule has 2 heterocycles. The van der Waals surface area contributed by atoms with E-state index in [1.807, 2.05) is 23.1 Å². The molecule has 1 amide bonds. The van der Waals surface area contributed by atoms with Crippen molar-refractivity contribution < 1.29 is 9.53 Å². The first-order chi connectivity index (χ1) is 12.7. The lowest BCUT2D eigenvalue weighted by Crippen LogP contribution is -2.37. The highest BCUT2D eigenvalue weighted by molar-refractivity contribution is 6.30. The van der Waals surface area contributed by atoms with Crippen LogP contribution in [-0.2, 0) is 0 Å². The Morgan fingerprint density at radius 1 is 1.19 bits per heavy atom. The minimum absolute atomic E-state index is 0.0616. The smallest absolute Gasteiger partial charge is 0.253 e. The van der Waals surface area contributed by atoms with Gasteiger partial charge in [0.25, 0.3) is 5.91 Å². The Morgan fingerprint density at radius 2 is 2.00 bits per heavy atom. The number of carbonyl (C=O) groups excluding carboxylic acids is 1. The summed E-state index contributed by atoms with van der Waals surface area (Å²) in [7, 11) is 1.69. The zero-order chi connectivity index (χ0) is 18.1. The van der Waals surface area contributed by atoms with Gasteiger partial charge >= 0.3 is 0 Å². The van der Waals surface area contributed by atoms with Crippen molar-refractivity contribution in [3.8, 4) is 5.75 Å². The largest absolute Gasteiger partial charge is 0.497 e. The van der Waals surface area contributed by atoms with Crippen molar-refractivity contribution in [1.82, 2.24) is 9.88 Å². The first kappa shape index (κ1) is 17.0. The van der Waals surface area contributed by atoms with Crippen LogP contribution in [0.15, 0.2) is 48.7 Å². The molecule has 1 fully saturated rings. The van der Waals surface area contributed by atoms with E-state index >= 15 is 0 Å². The number of amides is 1. The van der Waals surface area contributed by atoms with Crippen LogP contribution in [0, 0.1) is 0 Å². The van der Waals surface area contributed by atoms with Gasteiger partial charge in [-0.1, -0.05) is 17.7 Å². The maximum Gasteiger partial charge on any atom is 0.253 e. The predicted octanol–water partition coefficient (Wildman–Crippen LogP) is 4.85. The zero-order valence-corrected chi connectivity index (χ0v) is 15.4. The minimum Gasteiger partial charge on any atom is -0.497 e. The third-order valence-corrected chi connectivity index (χ3v) is 5.45. The van der Waals surface area contributed by atoms with Crippen LogP contribution in [0.5, 0.6) is 5.75 Å². The SMILES string of the molecule is COc1ccc2[nH]cc(C3CCN(C(=O)c4cccc(Cl)c4)CC3)c2c1. The highest BCUT2D eigenvalue weighted by atomic mass is 35.5. The standard InChI is InChI=1S/C21H21ClN2O2/c1-26-17-5-6-20-18(12-17)19(13-23-20)14-7-9-24(10-8-14)21(25)15-3-2-4-16(22)11-15/h2-6,11-14,23H,7-10H2,1H3. The average Bonchev–Trinajstić information content (AvgIpc) is 3.10. The molecule has 4 rings (SSSR count). The van der Waals surface area contributed by atoms with E-state index < -0.39 is 0 Å². The zero-order valence-electron chi connectivity index (χ0n) is 14.7. The van der Waals surface area contributed by atoms with Gasteiger partial charge < -0.3 is 14.6 Å². The Labute approximate surface area is 157 Å². The van der Waals surface area contributed by atoms with E-state index in [2.05, 4.69) is 23.3 Å². The number of hydrogen-bond acceptors (Lipinski definition) is 2. The Hall–Kier alpha value is -2.46. The number of methoxy groups -OCH3 is 1. The van der Waals surface area contributed by atoms with Crippen LogP contribution in [-0.4, -0.2) is 36.0 Å². The number of carbonyl (C=O) groups is 1. The molecule has 0 spiro atoms. The summed E-state index contributed by atoms with van der Waals surface area (Å²) in [6, 6.07) is 13.3. The van der Waals surface area contributed by atoms with Gasteiger partial charge in [-0.15, -0.1) is 0 Å². The fourth-order valence-corrected chi connectivity index (χ4v) is 3.97. The van der Waals surface area contributed by atoms with Crippen LogP contribution < -0.4 is 4.74 Å². The third-order valence-electron chi connectivity index (χ3n) is 5.21. The predicted molar refractivity (Wildman–Crippen MR) is 104 cm³/mol. The molecule has 4 nitrogen and oxygen atoms in total. The summed E-state index contributed by atoms with van der Waals surface area (Å²) < 4.78 is 5.36. The number of piperidine rings is 1. The Morgan fingerprint density at radius 3 is 2.73 bits per heavy atom. The lowest BCUT2D eigenvalue weighted by atomic mass is 9.89. The van der Waals surface area contributed by atoms with Gasteiger partial charge in [0, 0.05) is 40.8 Å². The quantitative estimate of drug-likeness (QED) is 0.718. The van der Waals surface area contributed by atoms with Crippen LogP contribution in [0.4, 0.5) is 0 Å². The molecule has 0 unspecified atom stereocenters. The molecule has 1 aliphatic rings. The number of ether oxygens (including phenoxy) is 1. The minimum atomic E-state index is 0.0616. The summed E-state index contributed by atoms with van der Waals surface area (Å²) in [5.41, 5.74) is 3.10. The van der Waals surface area contributed by atoms with E-state index in [9.17, 15) is 4.79 Å². The maximum absolute atomic E-state index is 12.7. The molecule has 0 saturated carbocycles. The number of likely N-dealkylation sites (tertiary alicyclic amines) is 1. The summed E-state index contributed by atoms with van der Waals surface area (Å²) in [5, 5.41) is 1.81. The lowest BCUT2D eigenvalue weighted by molar-refractivity contribution is 0.0713. The normalized spacial score (nSPS) is 15.4. The fraction of sp³-hybridized carbons (Fsp3) is 0.286. The van der Waals surface area contributed by atoms with Gasteiger partial charge in [-0.05, 0) is 60.7 Å². The fourth-order valence-electron chi connectivity index (χ4n) is 3.78. The molecule has 0 bridgehead atoms. The molecule has 0 atom stereocenters. The van der Waals surface area contributed by atoms with Crippen molar-refractivity contribution in [1.29, 1.82) is 0 Å². The van der Waals surface area contributed by atoms with Gasteiger partial charge in [0.05, 0.1) is 7.11 Å². The van der Waals surface area contributed by atoms with Gasteiger partial charge in [0.1, 0.15) is 5.75 Å². The topological polar surface area (TPSA) is 45.3 Å². The number of hydrogen-bond donors (Lipinski definition) is 1. The van der Waals surface area contributed by atoms with E-state index in [1.165, 1.54) is 10.9 Å². The van der Waals surface area contributed by atoms with Gasteiger partial charge in [0.15, 0.2) is 0 Å². The molecule has 0 radical (unpaired) electrons. The van der Waals surface area contributed by atoms with Crippen molar-refractivity contribution >= 4 is 28.4 Å². The Bertz CT molecular complexity index is 942. The molecule has 1 aliphatic heterocycles. The number of H-pyrrole nitrogens is 1. The van der Waals surface area contributed by atoms with Crippen LogP contribution in [0.2, 0.25) is 5.02 Å². The van der Waals surface area contributed by atoms with Crippen LogP contribution >= 0.6 is 11.6 Å². The number of nitrogens with zero attached hydrogens (tertiary/aromatic N) is 1. The lowest BCUT2D eigenvalue weighted by Gasteiger charge is -2.32. The molecular weight excluding hydrogens is 348 g/mol. The first-order valence-corrected chi connectivity index (χ1v) is 9.23. The molecular formula is C21H21ClN2O2. The van der Waals surface area contributed by atoms with E-state index in [-0.39, 0.29) is 5.91 Å². The number of fused-ring (bicyclic) bond motifs is 1. The number of aromatic nitrogens is 1. The molecule has 3 aromatic rings. The highest BCUT2D eigenvalue weighted by Gasteiger charge is 2.26. The highest BCUT2D eigenvalue weighted by Crippen LogP contribution is 2.35. The van der Waals surface area contributed by atoms with E-state index in [0.29, 0.717) is 16.5 Å². The summed E-state index contributed by atoms with van der Waals surface area (Å²) in [4.78, 5) is 18.0. The molecule has 26 heavy (non-hydrogen) atoms. The monoisotopic (exact) mass is 368 g/mol. The number of nitrogens with one attached hydrogen (secondary N) is 1. The molecule has 1 N–H and O–H groups in total. The van der Waals surface area contributed by atoms with Crippen molar-refractivity contribution in [2.24, 2.45) is 0 Å². The van der Waals surface area contributed by atoms with Crippen LogP contribution in [0.1, 0.15) is 34.7 Å². The summed E-state index contributed by atoms with van der Waals surface area (Å²) in [6.45, 7) is 1.51. The Balaban J connectivity index is 1.49. The maximum atomic E-state index is 12.7. The summed E-state index contributed by atoms with van der Waals surface area (Å²) in [5.74, 6) is 1.37. The second-order valence-corrected chi connectivity index (χ2v) is 7.17. The van der Waals surface area contributed by atoms with E-state index in [0.717, 1.165) is 37.2 Å². The number of halogens is 1. The van der Waals surface area contributed by atoms with Gasteiger partial charge in [-0.3, -0.25) is 4.79 Å². The molecule has 0 aliphatic carbocycles. The Kier molecular flexibility index (Phi) is 4.60. The molecule has 5 heteroatoms. The van der Waals surface area contributed by atoms with Gasteiger partial charge in [0.2, 0.25) is 0 Å². The molecule has 1 aromatic heterocycles. The second kappa shape index (κ2) is 7.04. The van der Waals surface area contributed by atoms with Gasteiger partial charge in [-0.25, -0.2) is 0 Å². The summed E-state index contributed by atoms with van der Waals surface area (Å²) >= 11 is 6.01. The van der Waals surface area contributed by atoms with E-state index in [1.54, 1.807) is 19.2 Å². The van der Waals surface area contributed by atoms with Crippen molar-refractivity contribution in [2.75, 3.05) is 20.2 Å². The number of aromatic amines is 1. The van der Waals surface area contributed by atoms with Crippen LogP contribution in [0.3, 0.4) is 0 Å². The first-order valence-electron chi connectivity index (χ1n) is 8.85. The van der Waals surface area contributed by atoms with Gasteiger partial charge in [-0.2, -0.15) is 0 Å². The van der Waals surface area contributed by atoms with Crippen molar-refractivity contribution in [3.05, 3.63) is 64.8 Å². The van der Waals surface area contributed by atoms with E-state index in [4.69, 9.17) is 16.3 Å². The molecule has 2 aromatic carbocycles.